The van der Waals surface area contributed by atoms with Crippen molar-refractivity contribution in [3.8, 4) is 0 Å². The van der Waals surface area contributed by atoms with Crippen molar-refractivity contribution in [2.75, 3.05) is 0 Å². The number of aldehydes is 1. The van der Waals surface area contributed by atoms with Crippen molar-refractivity contribution in [2.45, 2.75) is 20.8 Å². The molecule has 0 radical (unpaired) electrons. The number of carbonyl (C=O) groups excluding carboxylic acids is 1. The van der Waals surface area contributed by atoms with E-state index in [1.165, 1.54) is 0 Å². The van der Waals surface area contributed by atoms with E-state index in [0.29, 0.717) is 0 Å². The predicted molar refractivity (Wildman–Crippen MR) is 55.9 cm³/mol. The summed E-state index contributed by atoms with van der Waals surface area (Å²) in [6, 6.07) is 5.91. The van der Waals surface area contributed by atoms with Gasteiger partial charge in [-0.05, 0) is 37.5 Å². The van der Waals surface area contributed by atoms with Crippen molar-refractivity contribution < 1.29 is 4.79 Å². The molecule has 0 heterocycles. The molecule has 0 aliphatic heterocycles. The second kappa shape index (κ2) is 4.04. The fourth-order valence-corrected chi connectivity index (χ4v) is 1.34. The Morgan fingerprint density at radius 1 is 1.38 bits per heavy atom. The lowest BCUT2D eigenvalue weighted by atomic mass is 9.98. The van der Waals surface area contributed by atoms with Crippen molar-refractivity contribution >= 4 is 11.9 Å². The fourth-order valence-electron chi connectivity index (χ4n) is 1.34. The van der Waals surface area contributed by atoms with Crippen LogP contribution in [0.25, 0.3) is 5.57 Å². The van der Waals surface area contributed by atoms with E-state index < -0.39 is 0 Å². The summed E-state index contributed by atoms with van der Waals surface area (Å²) in [7, 11) is 0. The van der Waals surface area contributed by atoms with E-state index >= 15 is 0 Å². The Balaban J connectivity index is 3.36. The third kappa shape index (κ3) is 1.86. The summed E-state index contributed by atoms with van der Waals surface area (Å²) in [4.78, 5) is 10.8. The highest BCUT2D eigenvalue weighted by Crippen LogP contribution is 2.19. The molecule has 0 saturated heterocycles. The van der Waals surface area contributed by atoms with Gasteiger partial charge < -0.3 is 0 Å². The zero-order chi connectivity index (χ0) is 9.84. The van der Waals surface area contributed by atoms with Crippen molar-refractivity contribution in [1.82, 2.24) is 0 Å². The first kappa shape index (κ1) is 9.72. The largest absolute Gasteiger partial charge is 0.298 e. The van der Waals surface area contributed by atoms with Gasteiger partial charge in [0.2, 0.25) is 0 Å². The maximum Gasteiger partial charge on any atom is 0.150 e. The number of carbonyl (C=O) groups is 1. The van der Waals surface area contributed by atoms with E-state index in [2.05, 4.69) is 0 Å². The maximum atomic E-state index is 10.8. The molecule has 13 heavy (non-hydrogen) atoms. The number of benzene rings is 1. The Hall–Kier alpha value is -1.37. The molecule has 0 aliphatic rings. The van der Waals surface area contributed by atoms with Crippen molar-refractivity contribution in [3.63, 3.8) is 0 Å². The SMILES string of the molecule is C/C=C(\C)c1cccc(C)c1C=O. The quantitative estimate of drug-likeness (QED) is 0.629. The van der Waals surface area contributed by atoms with Gasteiger partial charge in [-0.2, -0.15) is 0 Å². The lowest BCUT2D eigenvalue weighted by Gasteiger charge is -2.06. The van der Waals surface area contributed by atoms with Crippen LogP contribution in [-0.4, -0.2) is 6.29 Å². The number of rotatable bonds is 2. The van der Waals surface area contributed by atoms with Gasteiger partial charge in [0.15, 0.2) is 6.29 Å². The molecule has 1 nitrogen and oxygen atoms in total. The molecule has 1 rings (SSSR count). The lowest BCUT2D eigenvalue weighted by Crippen LogP contribution is -1.93. The van der Waals surface area contributed by atoms with Crippen LogP contribution in [-0.2, 0) is 0 Å². The zero-order valence-corrected chi connectivity index (χ0v) is 8.29. The Bertz CT molecular complexity index is 348. The highest BCUT2D eigenvalue weighted by atomic mass is 16.1. The van der Waals surface area contributed by atoms with Crippen LogP contribution in [0.15, 0.2) is 24.3 Å². The molecular formula is C12H14O. The molecule has 0 aliphatic carbocycles. The molecule has 0 bridgehead atoms. The van der Waals surface area contributed by atoms with Crippen LogP contribution in [0.4, 0.5) is 0 Å². The van der Waals surface area contributed by atoms with Crippen LogP contribution in [0.1, 0.15) is 35.3 Å². The van der Waals surface area contributed by atoms with E-state index in [0.717, 1.165) is 28.5 Å². The van der Waals surface area contributed by atoms with Crippen LogP contribution < -0.4 is 0 Å². The average Bonchev–Trinajstić information content (AvgIpc) is 2.16. The summed E-state index contributed by atoms with van der Waals surface area (Å²) in [6.07, 6.45) is 2.94. The Morgan fingerprint density at radius 2 is 2.08 bits per heavy atom. The van der Waals surface area contributed by atoms with Crippen LogP contribution in [0.5, 0.6) is 0 Å². The van der Waals surface area contributed by atoms with Gasteiger partial charge in [-0.25, -0.2) is 0 Å². The lowest BCUT2D eigenvalue weighted by molar-refractivity contribution is 0.112. The van der Waals surface area contributed by atoms with Crippen molar-refractivity contribution in [2.24, 2.45) is 0 Å². The van der Waals surface area contributed by atoms with E-state index in [1.54, 1.807) is 0 Å². The molecule has 0 amide bonds. The Morgan fingerprint density at radius 3 is 2.62 bits per heavy atom. The number of allylic oxidation sites excluding steroid dienone is 2. The van der Waals surface area contributed by atoms with Crippen LogP contribution in [0.2, 0.25) is 0 Å². The summed E-state index contributed by atoms with van der Waals surface area (Å²) < 4.78 is 0. The van der Waals surface area contributed by atoms with E-state index in [4.69, 9.17) is 0 Å². The minimum absolute atomic E-state index is 0.804. The van der Waals surface area contributed by atoms with Gasteiger partial charge in [0.25, 0.3) is 0 Å². The molecule has 1 aromatic carbocycles. The molecule has 0 aromatic heterocycles. The monoisotopic (exact) mass is 174 g/mol. The third-order valence-electron chi connectivity index (χ3n) is 2.30. The second-order valence-corrected chi connectivity index (χ2v) is 3.13. The highest BCUT2D eigenvalue weighted by Gasteiger charge is 2.04. The molecular weight excluding hydrogens is 160 g/mol. The van der Waals surface area contributed by atoms with E-state index in [9.17, 15) is 4.79 Å². The van der Waals surface area contributed by atoms with Gasteiger partial charge >= 0.3 is 0 Å². The summed E-state index contributed by atoms with van der Waals surface area (Å²) >= 11 is 0. The van der Waals surface area contributed by atoms with E-state index in [1.807, 2.05) is 45.0 Å². The Kier molecular flexibility index (Phi) is 3.02. The fraction of sp³-hybridized carbons (Fsp3) is 0.250. The number of hydrogen-bond acceptors (Lipinski definition) is 1. The number of hydrogen-bond donors (Lipinski definition) is 0. The molecule has 68 valence electrons. The topological polar surface area (TPSA) is 17.1 Å². The standard InChI is InChI=1S/C12H14O/c1-4-9(2)11-7-5-6-10(3)12(11)8-13/h4-8H,1-3H3/b9-4+. The molecule has 0 saturated carbocycles. The van der Waals surface area contributed by atoms with Gasteiger partial charge in [-0.15, -0.1) is 0 Å². The summed E-state index contributed by atoms with van der Waals surface area (Å²) in [5.74, 6) is 0. The van der Waals surface area contributed by atoms with Crippen molar-refractivity contribution in [1.29, 1.82) is 0 Å². The first-order valence-corrected chi connectivity index (χ1v) is 4.38. The first-order valence-electron chi connectivity index (χ1n) is 4.38. The van der Waals surface area contributed by atoms with E-state index in [-0.39, 0.29) is 0 Å². The third-order valence-corrected chi connectivity index (χ3v) is 2.30. The van der Waals surface area contributed by atoms with Crippen LogP contribution in [0.3, 0.4) is 0 Å². The highest BCUT2D eigenvalue weighted by molar-refractivity contribution is 5.86. The minimum Gasteiger partial charge on any atom is -0.298 e. The Labute approximate surface area is 79.1 Å². The van der Waals surface area contributed by atoms with Gasteiger partial charge in [0, 0.05) is 5.56 Å². The van der Waals surface area contributed by atoms with Gasteiger partial charge in [0.05, 0.1) is 0 Å². The average molecular weight is 174 g/mol. The predicted octanol–water partition coefficient (Wildman–Crippen LogP) is 3.23. The van der Waals surface area contributed by atoms with Crippen molar-refractivity contribution in [3.05, 3.63) is 41.0 Å². The molecule has 0 fully saturated rings. The normalized spacial score (nSPS) is 11.5. The summed E-state index contributed by atoms with van der Waals surface area (Å²) in [5, 5.41) is 0. The maximum absolute atomic E-state index is 10.8. The number of aryl methyl sites for hydroxylation is 1. The molecule has 0 atom stereocenters. The molecule has 0 spiro atoms. The first-order chi connectivity index (χ1) is 6.20. The summed E-state index contributed by atoms with van der Waals surface area (Å²) in [6.45, 7) is 5.95. The van der Waals surface area contributed by atoms with Gasteiger partial charge in [0.1, 0.15) is 0 Å². The minimum atomic E-state index is 0.804. The zero-order valence-electron chi connectivity index (χ0n) is 8.29. The molecule has 0 N–H and O–H groups in total. The summed E-state index contributed by atoms with van der Waals surface area (Å²) in [5.41, 5.74) is 4.02. The van der Waals surface area contributed by atoms with Gasteiger partial charge in [-0.3, -0.25) is 4.79 Å². The molecule has 0 unspecified atom stereocenters. The van der Waals surface area contributed by atoms with Crippen LogP contribution in [0, 0.1) is 6.92 Å². The van der Waals surface area contributed by atoms with Gasteiger partial charge in [-0.1, -0.05) is 24.3 Å². The second-order valence-electron chi connectivity index (χ2n) is 3.13. The smallest absolute Gasteiger partial charge is 0.150 e. The van der Waals surface area contributed by atoms with Crippen LogP contribution >= 0.6 is 0 Å². The molecule has 1 heteroatoms. The molecule has 1 aromatic rings.